The van der Waals surface area contributed by atoms with Crippen LogP contribution in [0.2, 0.25) is 0 Å². The molecule has 0 aromatic heterocycles. The highest BCUT2D eigenvalue weighted by molar-refractivity contribution is 5.78. The fourth-order valence-electron chi connectivity index (χ4n) is 6.48. The zero-order valence-corrected chi connectivity index (χ0v) is 18.3. The molecule has 1 saturated heterocycles. The van der Waals surface area contributed by atoms with Crippen LogP contribution in [0.15, 0.2) is 30.3 Å². The van der Waals surface area contributed by atoms with E-state index in [0.29, 0.717) is 11.8 Å². The summed E-state index contributed by atoms with van der Waals surface area (Å²) in [5, 5.41) is 9.37. The van der Waals surface area contributed by atoms with Gasteiger partial charge in [-0.25, -0.2) is 4.39 Å². The molecule has 3 aliphatic rings. The fourth-order valence-corrected chi connectivity index (χ4v) is 6.48. The van der Waals surface area contributed by atoms with Crippen molar-refractivity contribution in [3.05, 3.63) is 35.9 Å². The number of amides is 1. The SMILES string of the molecule is CC(=O)OC1C[C@@H]2CC(C)(C(CC(=O)N3C[C@@H](F)C[C@H]3C#N)c3ccccc3)C[C@@H]2C1. The molecule has 2 aliphatic carbocycles. The third kappa shape index (κ3) is 4.46. The maximum atomic E-state index is 13.9. The first kappa shape index (κ1) is 21.8. The van der Waals surface area contributed by atoms with Crippen LogP contribution in [0, 0.1) is 28.6 Å². The Morgan fingerprint density at radius 3 is 2.45 bits per heavy atom. The number of nitrogens with zero attached hydrogens (tertiary/aromatic N) is 2. The summed E-state index contributed by atoms with van der Waals surface area (Å²) in [6.07, 6.45) is 3.03. The van der Waals surface area contributed by atoms with Crippen LogP contribution in [0.25, 0.3) is 0 Å². The zero-order chi connectivity index (χ0) is 22.2. The molecule has 0 bridgehead atoms. The van der Waals surface area contributed by atoms with Gasteiger partial charge in [0.1, 0.15) is 18.3 Å². The zero-order valence-electron chi connectivity index (χ0n) is 18.3. The molecule has 5 nitrogen and oxygen atoms in total. The minimum Gasteiger partial charge on any atom is -0.463 e. The van der Waals surface area contributed by atoms with Gasteiger partial charge < -0.3 is 9.64 Å². The molecule has 3 fully saturated rings. The van der Waals surface area contributed by atoms with Gasteiger partial charge >= 0.3 is 5.97 Å². The van der Waals surface area contributed by atoms with Crippen LogP contribution < -0.4 is 0 Å². The average molecular weight is 427 g/mol. The lowest BCUT2D eigenvalue weighted by Gasteiger charge is -2.37. The first-order valence-corrected chi connectivity index (χ1v) is 11.3. The number of alkyl halides is 1. The number of carbonyl (C=O) groups is 2. The van der Waals surface area contributed by atoms with Crippen molar-refractivity contribution >= 4 is 11.9 Å². The van der Waals surface area contributed by atoms with Crippen LogP contribution in [0.4, 0.5) is 4.39 Å². The van der Waals surface area contributed by atoms with Gasteiger partial charge in [-0.1, -0.05) is 37.3 Å². The minimum atomic E-state index is -1.12. The Morgan fingerprint density at radius 2 is 1.87 bits per heavy atom. The molecule has 166 valence electrons. The number of likely N-dealkylation sites (tertiary alicyclic amines) is 1. The van der Waals surface area contributed by atoms with Gasteiger partial charge in [-0.2, -0.15) is 5.26 Å². The number of nitriles is 1. The summed E-state index contributed by atoms with van der Waals surface area (Å²) in [7, 11) is 0. The van der Waals surface area contributed by atoms with E-state index in [0.717, 1.165) is 31.2 Å². The van der Waals surface area contributed by atoms with E-state index in [1.54, 1.807) is 0 Å². The molecule has 31 heavy (non-hydrogen) atoms. The van der Waals surface area contributed by atoms with Crippen LogP contribution in [0.5, 0.6) is 0 Å². The fraction of sp³-hybridized carbons (Fsp3) is 0.640. The van der Waals surface area contributed by atoms with E-state index in [-0.39, 0.29) is 48.7 Å². The summed E-state index contributed by atoms with van der Waals surface area (Å²) >= 11 is 0. The van der Waals surface area contributed by atoms with Gasteiger partial charge in [0.15, 0.2) is 0 Å². The van der Waals surface area contributed by atoms with E-state index in [1.807, 2.05) is 18.2 Å². The van der Waals surface area contributed by atoms with Crippen molar-refractivity contribution < 1.29 is 18.7 Å². The molecular weight excluding hydrogens is 395 g/mol. The predicted octanol–water partition coefficient (Wildman–Crippen LogP) is 4.38. The van der Waals surface area contributed by atoms with Crippen LogP contribution in [0.1, 0.15) is 63.9 Å². The highest BCUT2D eigenvalue weighted by atomic mass is 19.1. The second kappa shape index (κ2) is 8.61. The third-order valence-electron chi connectivity index (χ3n) is 7.73. The number of benzene rings is 1. The standard InChI is InChI=1S/C25H31FN2O3/c1-16(29)31-22-8-18-12-25(2,13-19(18)9-22)23(17-6-4-3-5-7-17)11-24(30)28-15-20(26)10-21(28)14-27/h3-7,18-23H,8-13,15H2,1-2H3/t18-,19+,20-,21-,22?,23?,25?/m0/s1. The number of hydrogen-bond donors (Lipinski definition) is 0. The third-order valence-corrected chi connectivity index (χ3v) is 7.73. The largest absolute Gasteiger partial charge is 0.463 e. The number of carbonyl (C=O) groups excluding carboxylic acids is 2. The van der Waals surface area contributed by atoms with Gasteiger partial charge in [-0.15, -0.1) is 0 Å². The molecule has 2 saturated carbocycles. The average Bonchev–Trinajstić information content (AvgIpc) is 3.36. The summed E-state index contributed by atoms with van der Waals surface area (Å²) in [6, 6.07) is 11.5. The molecule has 1 heterocycles. The van der Waals surface area contributed by atoms with E-state index < -0.39 is 12.2 Å². The Morgan fingerprint density at radius 1 is 1.23 bits per heavy atom. The molecule has 1 aliphatic heterocycles. The minimum absolute atomic E-state index is 0.0105. The summed E-state index contributed by atoms with van der Waals surface area (Å²) in [6.45, 7) is 3.75. The van der Waals surface area contributed by atoms with Crippen molar-refractivity contribution in [2.45, 2.75) is 76.6 Å². The van der Waals surface area contributed by atoms with Crippen LogP contribution in [0.3, 0.4) is 0 Å². The van der Waals surface area contributed by atoms with Crippen LogP contribution in [-0.4, -0.2) is 41.6 Å². The second-order valence-electron chi connectivity index (χ2n) is 9.98. The number of halogens is 1. The highest BCUT2D eigenvalue weighted by Gasteiger charge is 2.52. The molecule has 0 spiro atoms. The molecule has 0 N–H and O–H groups in total. The van der Waals surface area contributed by atoms with E-state index >= 15 is 0 Å². The van der Waals surface area contributed by atoms with Crippen molar-refractivity contribution in [2.24, 2.45) is 17.3 Å². The van der Waals surface area contributed by atoms with Crippen molar-refractivity contribution in [1.29, 1.82) is 5.26 Å². The summed E-state index contributed by atoms with van der Waals surface area (Å²) in [5.41, 5.74) is 1.06. The number of ether oxygens (including phenoxy) is 1. The molecule has 0 radical (unpaired) electrons. The number of fused-ring (bicyclic) bond motifs is 1. The molecule has 3 unspecified atom stereocenters. The second-order valence-corrected chi connectivity index (χ2v) is 9.98. The lowest BCUT2D eigenvalue weighted by atomic mass is 9.69. The Labute approximate surface area is 183 Å². The molecule has 1 aromatic rings. The Bertz CT molecular complexity index is 853. The smallest absolute Gasteiger partial charge is 0.302 e. The normalized spacial score (nSPS) is 35.4. The maximum Gasteiger partial charge on any atom is 0.302 e. The van der Waals surface area contributed by atoms with Crippen molar-refractivity contribution in [2.75, 3.05) is 6.54 Å². The topological polar surface area (TPSA) is 70.4 Å². The molecule has 4 rings (SSSR count). The Balaban J connectivity index is 1.53. The molecule has 1 amide bonds. The quantitative estimate of drug-likeness (QED) is 0.655. The molecular formula is C25H31FN2O3. The van der Waals surface area contributed by atoms with Gasteiger partial charge in [-0.3, -0.25) is 9.59 Å². The Kier molecular flexibility index (Phi) is 6.05. The predicted molar refractivity (Wildman–Crippen MR) is 114 cm³/mol. The number of hydrogen-bond acceptors (Lipinski definition) is 4. The highest BCUT2D eigenvalue weighted by Crippen LogP contribution is 2.59. The van der Waals surface area contributed by atoms with Crippen LogP contribution >= 0.6 is 0 Å². The lowest BCUT2D eigenvalue weighted by molar-refractivity contribution is -0.146. The lowest BCUT2D eigenvalue weighted by Crippen LogP contribution is -2.38. The maximum absolute atomic E-state index is 13.9. The van der Waals surface area contributed by atoms with E-state index in [2.05, 4.69) is 25.1 Å². The van der Waals surface area contributed by atoms with E-state index in [4.69, 9.17) is 4.74 Å². The van der Waals surface area contributed by atoms with Crippen molar-refractivity contribution in [3.8, 4) is 6.07 Å². The monoisotopic (exact) mass is 426 g/mol. The number of rotatable bonds is 5. The van der Waals surface area contributed by atoms with Crippen LogP contribution in [-0.2, 0) is 14.3 Å². The number of esters is 1. The van der Waals surface area contributed by atoms with Gasteiger partial charge in [0.25, 0.3) is 0 Å². The van der Waals surface area contributed by atoms with Crippen molar-refractivity contribution in [3.63, 3.8) is 0 Å². The first-order valence-electron chi connectivity index (χ1n) is 11.3. The molecule has 1 aromatic carbocycles. The Hall–Kier alpha value is -2.42. The van der Waals surface area contributed by atoms with Gasteiger partial charge in [0, 0.05) is 19.8 Å². The van der Waals surface area contributed by atoms with Gasteiger partial charge in [0.05, 0.1) is 12.6 Å². The molecule has 7 atom stereocenters. The van der Waals surface area contributed by atoms with E-state index in [1.165, 1.54) is 11.8 Å². The van der Waals surface area contributed by atoms with Crippen molar-refractivity contribution in [1.82, 2.24) is 4.90 Å². The molecule has 6 heteroatoms. The summed E-state index contributed by atoms with van der Waals surface area (Å²) in [5.74, 6) is 0.645. The van der Waals surface area contributed by atoms with E-state index in [9.17, 15) is 19.2 Å². The summed E-state index contributed by atoms with van der Waals surface area (Å²) in [4.78, 5) is 26.0. The van der Waals surface area contributed by atoms with Gasteiger partial charge in [0.2, 0.25) is 5.91 Å². The summed E-state index contributed by atoms with van der Waals surface area (Å²) < 4.78 is 19.4. The van der Waals surface area contributed by atoms with Gasteiger partial charge in [-0.05, 0) is 54.4 Å². The first-order chi connectivity index (χ1) is 14.8.